The molecule has 0 saturated heterocycles. The number of aromatic nitrogens is 2. The molecule has 2 aromatic heterocycles. The number of carbonyl (C=O) groups is 1. The molecule has 27 heavy (non-hydrogen) atoms. The lowest BCUT2D eigenvalue weighted by Crippen LogP contribution is -2.20. The Morgan fingerprint density at radius 3 is 3.00 bits per heavy atom. The van der Waals surface area contributed by atoms with Gasteiger partial charge in [0, 0.05) is 29.0 Å². The first-order chi connectivity index (χ1) is 13.2. The number of carbonyl (C=O) groups excluding carboxylic acids is 1. The second-order valence-electron chi connectivity index (χ2n) is 5.74. The first-order valence-corrected chi connectivity index (χ1v) is 9.05. The number of amides is 1. The van der Waals surface area contributed by atoms with Crippen LogP contribution in [0.2, 0.25) is 0 Å². The average molecular weight is 374 g/mol. The van der Waals surface area contributed by atoms with Crippen molar-refractivity contribution >= 4 is 27.9 Å². The SMILES string of the molecule is N#Cc1ccccc1OCC(=O)Nc1cccc(-c2cn3ccsc3n2)c1. The summed E-state index contributed by atoms with van der Waals surface area (Å²) in [6, 6.07) is 16.3. The van der Waals surface area contributed by atoms with Gasteiger partial charge in [-0.05, 0) is 24.3 Å². The summed E-state index contributed by atoms with van der Waals surface area (Å²) in [7, 11) is 0. The van der Waals surface area contributed by atoms with Gasteiger partial charge < -0.3 is 10.1 Å². The number of hydrogen-bond acceptors (Lipinski definition) is 5. The number of imidazole rings is 1. The van der Waals surface area contributed by atoms with Gasteiger partial charge in [-0.25, -0.2) is 4.98 Å². The molecule has 0 aliphatic rings. The minimum Gasteiger partial charge on any atom is -0.482 e. The molecule has 7 heteroatoms. The molecule has 0 bridgehead atoms. The molecule has 0 aliphatic heterocycles. The highest BCUT2D eigenvalue weighted by Crippen LogP contribution is 2.24. The number of thiazole rings is 1. The third-order valence-corrected chi connectivity index (χ3v) is 4.67. The minimum atomic E-state index is -0.300. The van der Waals surface area contributed by atoms with Gasteiger partial charge in [0.2, 0.25) is 0 Å². The summed E-state index contributed by atoms with van der Waals surface area (Å²) in [4.78, 5) is 17.7. The zero-order chi connectivity index (χ0) is 18.6. The Balaban J connectivity index is 1.44. The van der Waals surface area contributed by atoms with Crippen LogP contribution in [0.5, 0.6) is 5.75 Å². The molecule has 4 rings (SSSR count). The second kappa shape index (κ2) is 7.32. The average Bonchev–Trinajstić information content (AvgIpc) is 3.29. The predicted molar refractivity (Wildman–Crippen MR) is 104 cm³/mol. The van der Waals surface area contributed by atoms with Gasteiger partial charge in [-0.2, -0.15) is 5.26 Å². The largest absolute Gasteiger partial charge is 0.482 e. The highest BCUT2D eigenvalue weighted by molar-refractivity contribution is 7.15. The number of anilines is 1. The Hall–Kier alpha value is -3.63. The number of ether oxygens (including phenoxy) is 1. The Labute approximate surface area is 159 Å². The van der Waals surface area contributed by atoms with Crippen LogP contribution in [0.3, 0.4) is 0 Å². The van der Waals surface area contributed by atoms with Gasteiger partial charge in [0.15, 0.2) is 11.6 Å². The molecule has 0 spiro atoms. The second-order valence-corrected chi connectivity index (χ2v) is 6.62. The number of rotatable bonds is 5. The maximum absolute atomic E-state index is 12.2. The van der Waals surface area contributed by atoms with Gasteiger partial charge >= 0.3 is 0 Å². The minimum absolute atomic E-state index is 0.177. The zero-order valence-electron chi connectivity index (χ0n) is 14.1. The van der Waals surface area contributed by atoms with Crippen LogP contribution in [0.1, 0.15) is 5.56 Å². The molecule has 0 fully saturated rings. The van der Waals surface area contributed by atoms with Crippen molar-refractivity contribution in [2.75, 3.05) is 11.9 Å². The van der Waals surface area contributed by atoms with Gasteiger partial charge in [-0.1, -0.05) is 24.3 Å². The normalized spacial score (nSPS) is 10.5. The molecule has 2 aromatic carbocycles. The lowest BCUT2D eigenvalue weighted by Gasteiger charge is -2.09. The molecule has 0 unspecified atom stereocenters. The van der Waals surface area contributed by atoms with E-state index in [9.17, 15) is 4.79 Å². The molecular formula is C20H14N4O2S. The lowest BCUT2D eigenvalue weighted by molar-refractivity contribution is -0.118. The predicted octanol–water partition coefficient (Wildman–Crippen LogP) is 3.95. The molecule has 4 aromatic rings. The van der Waals surface area contributed by atoms with Gasteiger partial charge in [-0.3, -0.25) is 9.20 Å². The van der Waals surface area contributed by atoms with Crippen LogP contribution in [0.4, 0.5) is 5.69 Å². The summed E-state index contributed by atoms with van der Waals surface area (Å²) in [6.45, 7) is -0.177. The summed E-state index contributed by atoms with van der Waals surface area (Å²) in [6.07, 6.45) is 3.91. The molecule has 1 N–H and O–H groups in total. The topological polar surface area (TPSA) is 79.4 Å². The van der Waals surface area contributed by atoms with Crippen LogP contribution in [0.15, 0.2) is 66.3 Å². The highest BCUT2D eigenvalue weighted by atomic mass is 32.1. The van der Waals surface area contributed by atoms with Crippen molar-refractivity contribution in [3.8, 4) is 23.1 Å². The first-order valence-electron chi connectivity index (χ1n) is 8.17. The monoisotopic (exact) mass is 374 g/mol. The third-order valence-electron chi connectivity index (χ3n) is 3.90. The third kappa shape index (κ3) is 3.66. The van der Waals surface area contributed by atoms with Crippen molar-refractivity contribution in [3.63, 3.8) is 0 Å². The number of hydrogen-bond donors (Lipinski definition) is 1. The lowest BCUT2D eigenvalue weighted by atomic mass is 10.1. The number of nitriles is 1. The van der Waals surface area contributed by atoms with E-state index in [4.69, 9.17) is 10.00 Å². The van der Waals surface area contributed by atoms with E-state index in [0.717, 1.165) is 16.2 Å². The van der Waals surface area contributed by atoms with E-state index in [-0.39, 0.29) is 12.5 Å². The number of fused-ring (bicyclic) bond motifs is 1. The highest BCUT2D eigenvalue weighted by Gasteiger charge is 2.09. The molecule has 1 amide bonds. The molecule has 0 saturated carbocycles. The first kappa shape index (κ1) is 16.8. The summed E-state index contributed by atoms with van der Waals surface area (Å²) >= 11 is 1.57. The van der Waals surface area contributed by atoms with Crippen molar-refractivity contribution in [3.05, 3.63) is 71.9 Å². The molecule has 6 nitrogen and oxygen atoms in total. The molecule has 0 atom stereocenters. The van der Waals surface area contributed by atoms with E-state index < -0.39 is 0 Å². The Kier molecular flexibility index (Phi) is 4.56. The Morgan fingerprint density at radius 2 is 2.15 bits per heavy atom. The van der Waals surface area contributed by atoms with Crippen LogP contribution in [0, 0.1) is 11.3 Å². The van der Waals surface area contributed by atoms with Crippen LogP contribution in [-0.2, 0) is 4.79 Å². The standard InChI is InChI=1S/C20H14N4O2S/c21-11-15-4-1-2-7-18(15)26-13-19(25)22-16-6-3-5-14(10-16)17-12-24-8-9-27-20(24)23-17/h1-10,12H,13H2,(H,22,25). The Morgan fingerprint density at radius 1 is 1.26 bits per heavy atom. The summed E-state index contributed by atoms with van der Waals surface area (Å²) in [5, 5.41) is 13.8. The van der Waals surface area contributed by atoms with E-state index in [1.165, 1.54) is 0 Å². The number of benzene rings is 2. The number of nitrogens with one attached hydrogen (secondary N) is 1. The maximum atomic E-state index is 12.2. The fourth-order valence-corrected chi connectivity index (χ4v) is 3.35. The molecular weight excluding hydrogens is 360 g/mol. The van der Waals surface area contributed by atoms with E-state index >= 15 is 0 Å². The van der Waals surface area contributed by atoms with Crippen molar-refractivity contribution in [2.24, 2.45) is 0 Å². The van der Waals surface area contributed by atoms with Crippen LogP contribution < -0.4 is 10.1 Å². The molecule has 2 heterocycles. The Bertz CT molecular complexity index is 1130. The van der Waals surface area contributed by atoms with E-state index in [0.29, 0.717) is 17.0 Å². The molecule has 132 valence electrons. The van der Waals surface area contributed by atoms with Gasteiger partial charge in [0.1, 0.15) is 11.8 Å². The van der Waals surface area contributed by atoms with Crippen molar-refractivity contribution < 1.29 is 9.53 Å². The van der Waals surface area contributed by atoms with Crippen molar-refractivity contribution in [2.45, 2.75) is 0 Å². The summed E-state index contributed by atoms with van der Waals surface area (Å²) < 4.78 is 7.42. The quantitative estimate of drug-likeness (QED) is 0.574. The fraction of sp³-hybridized carbons (Fsp3) is 0.0500. The molecule has 0 aliphatic carbocycles. The van der Waals surface area contributed by atoms with Gasteiger partial charge in [0.25, 0.3) is 5.91 Å². The van der Waals surface area contributed by atoms with Crippen LogP contribution in [0.25, 0.3) is 16.2 Å². The zero-order valence-corrected chi connectivity index (χ0v) is 14.9. The van der Waals surface area contributed by atoms with Crippen LogP contribution in [-0.4, -0.2) is 21.9 Å². The smallest absolute Gasteiger partial charge is 0.262 e. The number of para-hydroxylation sites is 1. The van der Waals surface area contributed by atoms with Crippen molar-refractivity contribution in [1.29, 1.82) is 5.26 Å². The van der Waals surface area contributed by atoms with E-state index in [1.807, 2.05) is 52.5 Å². The summed E-state index contributed by atoms with van der Waals surface area (Å²) in [5.41, 5.74) is 2.81. The van der Waals surface area contributed by atoms with Gasteiger partial charge in [-0.15, -0.1) is 11.3 Å². The molecule has 0 radical (unpaired) electrons. The van der Waals surface area contributed by atoms with E-state index in [1.54, 1.807) is 35.6 Å². The summed E-state index contributed by atoms with van der Waals surface area (Å²) in [5.74, 6) is 0.0905. The number of nitrogens with zero attached hydrogens (tertiary/aromatic N) is 3. The maximum Gasteiger partial charge on any atom is 0.262 e. The van der Waals surface area contributed by atoms with E-state index in [2.05, 4.69) is 10.3 Å². The van der Waals surface area contributed by atoms with Crippen molar-refractivity contribution in [1.82, 2.24) is 9.38 Å². The van der Waals surface area contributed by atoms with Gasteiger partial charge in [0.05, 0.1) is 11.3 Å². The fourth-order valence-electron chi connectivity index (χ4n) is 2.65. The van der Waals surface area contributed by atoms with Crippen LogP contribution >= 0.6 is 11.3 Å².